The quantitative estimate of drug-likeness (QED) is 0.458. The number of rotatable bonds is 1. The SMILES string of the molecule is [2H]c1c([2H])c([2H])c(-c2ccc3[nH]c4ccc(Br)cc4c3c2)c([2H])c1[2H]. The van der Waals surface area contributed by atoms with E-state index in [1.807, 2.05) is 30.3 Å². The summed E-state index contributed by atoms with van der Waals surface area (Å²) in [5.74, 6) is 0. The normalized spacial score (nSPS) is 14.8. The second kappa shape index (κ2) is 4.50. The molecule has 20 heavy (non-hydrogen) atoms. The molecule has 4 aromatic rings. The average molecular weight is 327 g/mol. The van der Waals surface area contributed by atoms with E-state index in [1.165, 1.54) is 0 Å². The highest BCUT2D eigenvalue weighted by molar-refractivity contribution is 9.10. The summed E-state index contributed by atoms with van der Waals surface area (Å²) >= 11 is 3.47. The molecular formula is C18H12BrN. The van der Waals surface area contributed by atoms with Gasteiger partial charge < -0.3 is 4.98 Å². The minimum Gasteiger partial charge on any atom is -0.355 e. The van der Waals surface area contributed by atoms with Crippen molar-refractivity contribution in [3.63, 3.8) is 0 Å². The first kappa shape index (κ1) is 7.65. The van der Waals surface area contributed by atoms with Crippen LogP contribution in [0.4, 0.5) is 0 Å². The van der Waals surface area contributed by atoms with Crippen molar-refractivity contribution < 1.29 is 6.85 Å². The van der Waals surface area contributed by atoms with E-state index in [9.17, 15) is 0 Å². The van der Waals surface area contributed by atoms with Gasteiger partial charge in [-0.25, -0.2) is 0 Å². The number of aromatic nitrogens is 1. The molecule has 0 bridgehead atoms. The summed E-state index contributed by atoms with van der Waals surface area (Å²) in [4.78, 5) is 3.33. The van der Waals surface area contributed by atoms with Crippen LogP contribution in [0.1, 0.15) is 6.85 Å². The Morgan fingerprint density at radius 3 is 2.30 bits per heavy atom. The van der Waals surface area contributed by atoms with Crippen LogP contribution in [0.3, 0.4) is 0 Å². The van der Waals surface area contributed by atoms with Crippen LogP contribution in [0.25, 0.3) is 32.9 Å². The highest BCUT2D eigenvalue weighted by Gasteiger charge is 2.06. The molecule has 0 atom stereocenters. The zero-order valence-corrected chi connectivity index (χ0v) is 11.9. The standard InChI is InChI=1S/C18H12BrN/c19-14-7-9-18-16(11-14)15-10-13(6-8-17(15)20-18)12-4-2-1-3-5-12/h1-11,20H/i1D,2D,3D,4D,5D. The summed E-state index contributed by atoms with van der Waals surface area (Å²) in [6.45, 7) is 0. The predicted octanol–water partition coefficient (Wildman–Crippen LogP) is 5.75. The zero-order valence-electron chi connectivity index (χ0n) is 15.3. The lowest BCUT2D eigenvalue weighted by Gasteiger charge is -2.01. The molecule has 1 aromatic heterocycles. The molecule has 4 rings (SSSR count). The van der Waals surface area contributed by atoms with E-state index in [0.29, 0.717) is 5.56 Å². The molecule has 96 valence electrons. The van der Waals surface area contributed by atoms with Crippen molar-refractivity contribution in [1.29, 1.82) is 0 Å². The molecule has 1 nitrogen and oxygen atoms in total. The third-order valence-corrected chi connectivity index (χ3v) is 3.84. The minimum atomic E-state index is -0.379. The van der Waals surface area contributed by atoms with Crippen LogP contribution in [0.5, 0.6) is 0 Å². The van der Waals surface area contributed by atoms with Gasteiger partial charge in [-0.2, -0.15) is 0 Å². The molecule has 0 aliphatic carbocycles. The van der Waals surface area contributed by atoms with Gasteiger partial charge in [0.1, 0.15) is 0 Å². The fourth-order valence-corrected chi connectivity index (χ4v) is 2.78. The topological polar surface area (TPSA) is 15.8 Å². The Morgan fingerprint density at radius 1 is 0.800 bits per heavy atom. The summed E-state index contributed by atoms with van der Waals surface area (Å²) < 4.78 is 40.7. The lowest BCUT2D eigenvalue weighted by atomic mass is 10.0. The van der Waals surface area contributed by atoms with Crippen LogP contribution in [0, 0.1) is 0 Å². The van der Waals surface area contributed by atoms with Crippen molar-refractivity contribution in [2.45, 2.75) is 0 Å². The second-order valence-corrected chi connectivity index (χ2v) is 5.49. The van der Waals surface area contributed by atoms with Crippen molar-refractivity contribution in [2.75, 3.05) is 0 Å². The van der Waals surface area contributed by atoms with Gasteiger partial charge in [-0.05, 0) is 41.5 Å². The van der Waals surface area contributed by atoms with Gasteiger partial charge in [0.2, 0.25) is 0 Å². The molecule has 0 unspecified atom stereocenters. The highest BCUT2D eigenvalue weighted by atomic mass is 79.9. The summed E-state index contributed by atoms with van der Waals surface area (Å²) in [5.41, 5.74) is 2.74. The van der Waals surface area contributed by atoms with Crippen LogP contribution < -0.4 is 0 Å². The van der Waals surface area contributed by atoms with Crippen molar-refractivity contribution in [3.8, 4) is 11.1 Å². The van der Waals surface area contributed by atoms with Crippen molar-refractivity contribution >= 4 is 37.7 Å². The van der Waals surface area contributed by atoms with Crippen molar-refractivity contribution in [1.82, 2.24) is 4.98 Å². The molecular weight excluding hydrogens is 310 g/mol. The molecule has 1 heterocycles. The summed E-state index contributed by atoms with van der Waals surface area (Å²) in [7, 11) is 0. The number of benzene rings is 3. The summed E-state index contributed by atoms with van der Waals surface area (Å²) in [6, 6.07) is 10.1. The Balaban J connectivity index is 2.06. The number of fused-ring (bicyclic) bond motifs is 3. The Hall–Kier alpha value is -2.06. The van der Waals surface area contributed by atoms with E-state index in [4.69, 9.17) is 6.85 Å². The van der Waals surface area contributed by atoms with E-state index in [-0.39, 0.29) is 35.8 Å². The Labute approximate surface area is 132 Å². The van der Waals surface area contributed by atoms with Crippen LogP contribution in [-0.2, 0) is 0 Å². The number of nitrogens with one attached hydrogen (secondary N) is 1. The van der Waals surface area contributed by atoms with Gasteiger partial charge in [0.25, 0.3) is 0 Å². The summed E-state index contributed by atoms with van der Waals surface area (Å²) in [5, 5.41) is 1.96. The number of aromatic amines is 1. The maximum atomic E-state index is 8.15. The monoisotopic (exact) mass is 326 g/mol. The smallest absolute Gasteiger partial charge is 0.0629 e. The first-order chi connectivity index (χ1) is 11.9. The second-order valence-electron chi connectivity index (χ2n) is 4.58. The van der Waals surface area contributed by atoms with Crippen molar-refractivity contribution in [2.24, 2.45) is 0 Å². The predicted molar refractivity (Wildman–Crippen MR) is 88.9 cm³/mol. The third kappa shape index (κ3) is 1.84. The Kier molecular flexibility index (Phi) is 1.72. The summed E-state index contributed by atoms with van der Waals surface area (Å²) in [6.07, 6.45) is 0. The fraction of sp³-hybridized carbons (Fsp3) is 0. The molecule has 0 spiro atoms. The maximum Gasteiger partial charge on any atom is 0.0629 e. The van der Waals surface area contributed by atoms with E-state index in [2.05, 4.69) is 20.9 Å². The first-order valence-electron chi connectivity index (χ1n) is 8.67. The largest absolute Gasteiger partial charge is 0.355 e. The lowest BCUT2D eigenvalue weighted by molar-refractivity contribution is 1.54. The van der Waals surface area contributed by atoms with Gasteiger partial charge in [-0.3, -0.25) is 0 Å². The number of hydrogen-bond acceptors (Lipinski definition) is 0. The number of halogens is 1. The van der Waals surface area contributed by atoms with Gasteiger partial charge in [-0.1, -0.05) is 52.2 Å². The van der Waals surface area contributed by atoms with Gasteiger partial charge in [0.15, 0.2) is 0 Å². The molecule has 0 aliphatic heterocycles. The zero-order chi connectivity index (χ0) is 17.9. The molecule has 0 radical (unpaired) electrons. The molecule has 3 aromatic carbocycles. The van der Waals surface area contributed by atoms with Crippen LogP contribution in [0.2, 0.25) is 0 Å². The van der Waals surface area contributed by atoms with Crippen LogP contribution in [0.15, 0.2) is 71.1 Å². The fourth-order valence-electron chi connectivity index (χ4n) is 2.42. The van der Waals surface area contributed by atoms with Gasteiger partial charge in [0.05, 0.1) is 6.85 Å². The third-order valence-electron chi connectivity index (χ3n) is 3.35. The minimum absolute atomic E-state index is 0.189. The Bertz CT molecular complexity index is 1140. The van der Waals surface area contributed by atoms with Crippen molar-refractivity contribution in [3.05, 3.63) is 71.1 Å². The van der Waals surface area contributed by atoms with E-state index >= 15 is 0 Å². The average Bonchev–Trinajstić information content (AvgIpc) is 2.96. The van der Waals surface area contributed by atoms with E-state index < -0.39 is 0 Å². The van der Waals surface area contributed by atoms with Crippen LogP contribution >= 0.6 is 15.9 Å². The molecule has 0 fully saturated rings. The lowest BCUT2D eigenvalue weighted by Crippen LogP contribution is -1.76. The first-order valence-corrected chi connectivity index (χ1v) is 6.96. The molecule has 0 aliphatic rings. The molecule has 0 amide bonds. The highest BCUT2D eigenvalue weighted by Crippen LogP contribution is 2.31. The Morgan fingerprint density at radius 2 is 1.50 bits per heavy atom. The van der Waals surface area contributed by atoms with E-state index in [0.717, 1.165) is 26.3 Å². The molecule has 0 saturated carbocycles. The van der Waals surface area contributed by atoms with Gasteiger partial charge in [-0.15, -0.1) is 0 Å². The van der Waals surface area contributed by atoms with E-state index in [1.54, 1.807) is 6.07 Å². The van der Waals surface area contributed by atoms with Crippen LogP contribution in [-0.4, -0.2) is 4.98 Å². The molecule has 0 saturated heterocycles. The number of H-pyrrole nitrogens is 1. The molecule has 1 N–H and O–H groups in total. The van der Waals surface area contributed by atoms with Gasteiger partial charge >= 0.3 is 0 Å². The molecule has 2 heteroatoms. The van der Waals surface area contributed by atoms with Gasteiger partial charge in [0, 0.05) is 26.3 Å². The maximum absolute atomic E-state index is 8.15. The number of hydrogen-bond donors (Lipinski definition) is 1.